The third-order valence-corrected chi connectivity index (χ3v) is 7.60. The van der Waals surface area contributed by atoms with Crippen LogP contribution in [0.4, 0.5) is 0 Å². The Balaban J connectivity index is 1.60. The maximum atomic E-state index is 12.9. The Morgan fingerprint density at radius 1 is 1.14 bits per heavy atom. The Morgan fingerprint density at radius 3 is 2.28 bits per heavy atom. The number of ketones is 1. The van der Waals surface area contributed by atoms with Gasteiger partial charge in [-0.05, 0) is 51.1 Å². The molecule has 2 heterocycles. The number of nitrogens with zero attached hydrogens (tertiary/aromatic N) is 2. The Labute approximate surface area is 172 Å². The molecule has 0 radical (unpaired) electrons. The van der Waals surface area contributed by atoms with Crippen LogP contribution in [0.2, 0.25) is 0 Å². The minimum atomic E-state index is -3.53. The van der Waals surface area contributed by atoms with Crippen LogP contribution in [0.3, 0.4) is 0 Å². The Kier molecular flexibility index (Phi) is 6.45. The van der Waals surface area contributed by atoms with Crippen LogP contribution in [0.1, 0.15) is 28.7 Å². The zero-order valence-corrected chi connectivity index (χ0v) is 18.4. The van der Waals surface area contributed by atoms with E-state index in [0.717, 1.165) is 21.9 Å². The SMILES string of the molecule is CCOc1ccc(S(=O)(=O)N2CC[NH+](CC(=O)c3cc(C)n(C)c3C)CC2)cc1. The van der Waals surface area contributed by atoms with E-state index in [4.69, 9.17) is 4.74 Å². The number of Topliss-reactive ketones (excluding diaryl/α,β-unsaturated/α-hetero) is 1. The van der Waals surface area contributed by atoms with E-state index in [9.17, 15) is 13.2 Å². The second kappa shape index (κ2) is 8.69. The van der Waals surface area contributed by atoms with Gasteiger partial charge in [0, 0.05) is 24.0 Å². The van der Waals surface area contributed by atoms with E-state index in [-0.39, 0.29) is 10.7 Å². The summed E-state index contributed by atoms with van der Waals surface area (Å²) in [6, 6.07) is 8.47. The lowest BCUT2D eigenvalue weighted by molar-refractivity contribution is -0.895. The largest absolute Gasteiger partial charge is 0.494 e. The van der Waals surface area contributed by atoms with Gasteiger partial charge in [-0.25, -0.2) is 8.42 Å². The Bertz CT molecular complexity index is 972. The highest BCUT2D eigenvalue weighted by Crippen LogP contribution is 2.20. The van der Waals surface area contributed by atoms with Crippen LogP contribution in [0.5, 0.6) is 5.75 Å². The van der Waals surface area contributed by atoms with Crippen LogP contribution in [0.15, 0.2) is 35.2 Å². The van der Waals surface area contributed by atoms with Gasteiger partial charge in [0.1, 0.15) is 12.3 Å². The second-order valence-corrected chi connectivity index (χ2v) is 9.44. The predicted octanol–water partition coefficient (Wildman–Crippen LogP) is 0.813. The lowest BCUT2D eigenvalue weighted by atomic mass is 10.1. The number of ether oxygens (including phenoxy) is 1. The highest BCUT2D eigenvalue weighted by Gasteiger charge is 2.31. The van der Waals surface area contributed by atoms with Crippen molar-refractivity contribution in [3.8, 4) is 5.75 Å². The fraction of sp³-hybridized carbons (Fsp3) is 0.476. The Morgan fingerprint density at radius 2 is 1.76 bits per heavy atom. The summed E-state index contributed by atoms with van der Waals surface area (Å²) in [6.45, 7) is 8.81. The van der Waals surface area contributed by atoms with Gasteiger partial charge in [0.25, 0.3) is 0 Å². The van der Waals surface area contributed by atoms with Crippen LogP contribution in [-0.4, -0.2) is 62.4 Å². The number of quaternary nitrogens is 1. The molecule has 0 amide bonds. The van der Waals surface area contributed by atoms with Crippen molar-refractivity contribution in [1.82, 2.24) is 8.87 Å². The molecule has 1 aliphatic rings. The number of piperazine rings is 1. The van der Waals surface area contributed by atoms with E-state index in [1.165, 1.54) is 4.31 Å². The van der Waals surface area contributed by atoms with E-state index < -0.39 is 10.0 Å². The molecule has 0 bridgehead atoms. The van der Waals surface area contributed by atoms with Gasteiger partial charge in [-0.3, -0.25) is 4.79 Å². The Hall–Kier alpha value is -2.16. The molecule has 0 atom stereocenters. The van der Waals surface area contributed by atoms with Crippen LogP contribution >= 0.6 is 0 Å². The van der Waals surface area contributed by atoms with Crippen molar-refractivity contribution in [3.63, 3.8) is 0 Å². The number of aromatic nitrogens is 1. The fourth-order valence-electron chi connectivity index (χ4n) is 3.70. The number of nitrogens with one attached hydrogen (secondary N) is 1. The molecule has 0 unspecified atom stereocenters. The fourth-order valence-corrected chi connectivity index (χ4v) is 5.14. The average molecular weight is 421 g/mol. The van der Waals surface area contributed by atoms with Gasteiger partial charge >= 0.3 is 0 Å². The van der Waals surface area contributed by atoms with Crippen molar-refractivity contribution in [3.05, 3.63) is 47.3 Å². The van der Waals surface area contributed by atoms with E-state index in [1.54, 1.807) is 24.3 Å². The van der Waals surface area contributed by atoms with Gasteiger partial charge in [0.2, 0.25) is 15.8 Å². The molecule has 0 aliphatic carbocycles. The quantitative estimate of drug-likeness (QED) is 0.673. The molecule has 1 aromatic heterocycles. The molecular formula is C21H30N3O4S+. The van der Waals surface area contributed by atoms with Gasteiger partial charge in [-0.15, -0.1) is 0 Å². The van der Waals surface area contributed by atoms with Crippen LogP contribution < -0.4 is 9.64 Å². The minimum Gasteiger partial charge on any atom is -0.494 e. The van der Waals surface area contributed by atoms with Gasteiger partial charge in [0.05, 0.1) is 37.7 Å². The summed E-state index contributed by atoms with van der Waals surface area (Å²) in [4.78, 5) is 14.1. The smallest absolute Gasteiger partial charge is 0.243 e. The van der Waals surface area contributed by atoms with Gasteiger partial charge in [-0.1, -0.05) is 0 Å². The summed E-state index contributed by atoms with van der Waals surface area (Å²) in [5.74, 6) is 0.773. The summed E-state index contributed by atoms with van der Waals surface area (Å²) in [7, 11) is -1.57. The summed E-state index contributed by atoms with van der Waals surface area (Å²) >= 11 is 0. The maximum Gasteiger partial charge on any atom is 0.243 e. The number of rotatable bonds is 7. The first-order valence-corrected chi connectivity index (χ1v) is 11.4. The highest BCUT2D eigenvalue weighted by atomic mass is 32.2. The van der Waals surface area contributed by atoms with E-state index >= 15 is 0 Å². The first-order chi connectivity index (χ1) is 13.7. The van der Waals surface area contributed by atoms with Gasteiger partial charge < -0.3 is 14.2 Å². The zero-order chi connectivity index (χ0) is 21.2. The molecule has 1 saturated heterocycles. The zero-order valence-electron chi connectivity index (χ0n) is 17.6. The number of carbonyl (C=O) groups excluding carboxylic acids is 1. The maximum absolute atomic E-state index is 12.9. The topological polar surface area (TPSA) is 73.1 Å². The molecule has 0 spiro atoms. The monoisotopic (exact) mass is 420 g/mol. The van der Waals surface area contributed by atoms with Crippen LogP contribution in [0.25, 0.3) is 0 Å². The van der Waals surface area contributed by atoms with Gasteiger partial charge in [0.15, 0.2) is 0 Å². The number of benzene rings is 1. The molecular weight excluding hydrogens is 390 g/mol. The lowest BCUT2D eigenvalue weighted by Crippen LogP contribution is -3.15. The highest BCUT2D eigenvalue weighted by molar-refractivity contribution is 7.89. The second-order valence-electron chi connectivity index (χ2n) is 7.50. The van der Waals surface area contributed by atoms with E-state index in [1.807, 2.05) is 38.5 Å². The molecule has 0 saturated carbocycles. The van der Waals surface area contributed by atoms with E-state index in [0.29, 0.717) is 45.1 Å². The molecule has 1 N–H and O–H groups in total. The van der Waals surface area contributed by atoms with Crippen molar-refractivity contribution in [2.45, 2.75) is 25.7 Å². The molecule has 8 heteroatoms. The summed E-state index contributed by atoms with van der Waals surface area (Å²) < 4.78 is 34.7. The van der Waals surface area contributed by atoms with Crippen molar-refractivity contribution < 1.29 is 22.8 Å². The molecule has 1 aromatic carbocycles. The minimum absolute atomic E-state index is 0.115. The predicted molar refractivity (Wildman–Crippen MR) is 111 cm³/mol. The number of carbonyl (C=O) groups is 1. The van der Waals surface area contributed by atoms with Crippen LogP contribution in [-0.2, 0) is 17.1 Å². The lowest BCUT2D eigenvalue weighted by Gasteiger charge is -2.31. The van der Waals surface area contributed by atoms with E-state index in [2.05, 4.69) is 0 Å². The molecule has 1 aliphatic heterocycles. The summed E-state index contributed by atoms with van der Waals surface area (Å²) in [5.41, 5.74) is 2.80. The molecule has 2 aromatic rings. The molecule has 158 valence electrons. The number of sulfonamides is 1. The summed E-state index contributed by atoms with van der Waals surface area (Å²) in [5, 5.41) is 0. The van der Waals surface area contributed by atoms with Crippen molar-refractivity contribution >= 4 is 15.8 Å². The first kappa shape index (κ1) is 21.5. The van der Waals surface area contributed by atoms with Crippen molar-refractivity contribution in [2.75, 3.05) is 39.3 Å². The van der Waals surface area contributed by atoms with Crippen molar-refractivity contribution in [1.29, 1.82) is 0 Å². The number of aryl methyl sites for hydroxylation is 1. The van der Waals surface area contributed by atoms with Crippen LogP contribution in [0, 0.1) is 13.8 Å². The van der Waals surface area contributed by atoms with Crippen molar-refractivity contribution in [2.24, 2.45) is 7.05 Å². The standard InChI is InChI=1S/C21H29N3O4S/c1-5-28-18-6-8-19(9-7-18)29(26,27)24-12-10-23(11-13-24)15-21(25)20-14-16(2)22(4)17(20)3/h6-9,14H,5,10-13,15H2,1-4H3/p+1. The number of hydrogen-bond acceptors (Lipinski definition) is 4. The first-order valence-electron chi connectivity index (χ1n) is 9.96. The van der Waals surface area contributed by atoms with Gasteiger partial charge in [-0.2, -0.15) is 4.31 Å². The third-order valence-electron chi connectivity index (χ3n) is 5.69. The third kappa shape index (κ3) is 4.55. The molecule has 29 heavy (non-hydrogen) atoms. The molecule has 7 nitrogen and oxygen atoms in total. The normalized spacial score (nSPS) is 16.1. The summed E-state index contributed by atoms with van der Waals surface area (Å²) in [6.07, 6.45) is 0. The molecule has 3 rings (SSSR count). The number of hydrogen-bond donors (Lipinski definition) is 1. The molecule has 1 fully saturated rings. The average Bonchev–Trinajstić information content (AvgIpc) is 2.96.